The maximum absolute atomic E-state index is 3.87. The summed E-state index contributed by atoms with van der Waals surface area (Å²) in [5.41, 5.74) is 0. The molecule has 0 aromatic heterocycles. The Labute approximate surface area is 78.1 Å². The van der Waals surface area contributed by atoms with Crippen molar-refractivity contribution in [3.05, 3.63) is 19.6 Å². The van der Waals surface area contributed by atoms with Crippen molar-refractivity contribution < 1.29 is 0 Å². The first-order valence-electron chi connectivity index (χ1n) is 5.25. The van der Waals surface area contributed by atoms with Gasteiger partial charge in [0.1, 0.15) is 0 Å². The number of unbranched alkanes of at least 4 members (excludes halogenated alkanes) is 2. The van der Waals surface area contributed by atoms with E-state index < -0.39 is 0 Å². The van der Waals surface area contributed by atoms with Crippen LogP contribution in [-0.4, -0.2) is 0 Å². The molecule has 1 unspecified atom stereocenters. The van der Waals surface area contributed by atoms with Crippen LogP contribution in [0.25, 0.3) is 0 Å². The molecule has 0 N–H and O–H groups in total. The van der Waals surface area contributed by atoms with Crippen LogP contribution < -0.4 is 0 Å². The first-order chi connectivity index (χ1) is 5.85. The standard InChI is InChI=1S/C12H23/c1-4-7-10-12(9-6-3)11-8-5-2/h6,12H,1,3-5,7-11H2,2H3. The Hall–Kier alpha value is -0.260. The van der Waals surface area contributed by atoms with E-state index in [0.29, 0.717) is 0 Å². The summed E-state index contributed by atoms with van der Waals surface area (Å²) in [6, 6.07) is 0. The van der Waals surface area contributed by atoms with Crippen molar-refractivity contribution in [2.45, 2.75) is 51.9 Å². The van der Waals surface area contributed by atoms with Crippen molar-refractivity contribution in [2.75, 3.05) is 0 Å². The van der Waals surface area contributed by atoms with Gasteiger partial charge in [0.2, 0.25) is 0 Å². The molecule has 0 saturated carbocycles. The minimum Gasteiger partial charge on any atom is -0.103 e. The normalized spacial score (nSPS) is 10.6. The average Bonchev–Trinajstić information content (AvgIpc) is 2.10. The molecular formula is C12H23. The lowest BCUT2D eigenvalue weighted by Crippen LogP contribution is -1.98. The molecule has 0 fully saturated rings. The van der Waals surface area contributed by atoms with Crippen LogP contribution in [0.5, 0.6) is 0 Å². The molecule has 1 atom stereocenters. The Balaban J connectivity index is 3.46. The van der Waals surface area contributed by atoms with Gasteiger partial charge in [-0.3, -0.25) is 0 Å². The van der Waals surface area contributed by atoms with Crippen LogP contribution in [0.4, 0.5) is 0 Å². The molecule has 0 aliphatic rings. The van der Waals surface area contributed by atoms with Gasteiger partial charge in [-0.1, -0.05) is 58.4 Å². The predicted octanol–water partition coefficient (Wildman–Crippen LogP) is 4.37. The second-order valence-corrected chi connectivity index (χ2v) is 3.53. The number of allylic oxidation sites excluding steroid dienone is 1. The molecule has 0 nitrogen and oxygen atoms in total. The fraction of sp³-hybridized carbons (Fsp3) is 0.750. The molecule has 12 heavy (non-hydrogen) atoms. The summed E-state index contributed by atoms with van der Waals surface area (Å²) in [6.07, 6.45) is 11.0. The average molecular weight is 167 g/mol. The molecule has 71 valence electrons. The highest BCUT2D eigenvalue weighted by Crippen LogP contribution is 2.19. The van der Waals surface area contributed by atoms with E-state index in [1.54, 1.807) is 0 Å². The van der Waals surface area contributed by atoms with Crippen LogP contribution >= 0.6 is 0 Å². The van der Waals surface area contributed by atoms with E-state index in [9.17, 15) is 0 Å². The van der Waals surface area contributed by atoms with Gasteiger partial charge in [0, 0.05) is 0 Å². The van der Waals surface area contributed by atoms with Gasteiger partial charge in [-0.25, -0.2) is 0 Å². The second kappa shape index (κ2) is 8.83. The van der Waals surface area contributed by atoms with E-state index in [-0.39, 0.29) is 0 Å². The third-order valence-corrected chi connectivity index (χ3v) is 2.33. The summed E-state index contributed by atoms with van der Waals surface area (Å²) in [5, 5.41) is 0. The highest BCUT2D eigenvalue weighted by atomic mass is 14.1. The molecule has 0 amide bonds. The zero-order chi connectivity index (χ0) is 9.23. The van der Waals surface area contributed by atoms with Crippen molar-refractivity contribution >= 4 is 0 Å². The van der Waals surface area contributed by atoms with E-state index >= 15 is 0 Å². The molecule has 0 aromatic rings. The molecule has 1 radical (unpaired) electrons. The van der Waals surface area contributed by atoms with Crippen molar-refractivity contribution in [1.82, 2.24) is 0 Å². The first kappa shape index (κ1) is 11.7. The molecule has 0 bridgehead atoms. The van der Waals surface area contributed by atoms with Crippen LogP contribution in [0.3, 0.4) is 0 Å². The molecule has 0 heterocycles. The Morgan fingerprint density at radius 1 is 1.25 bits per heavy atom. The van der Waals surface area contributed by atoms with E-state index in [1.807, 2.05) is 0 Å². The molecule has 0 aromatic carbocycles. The van der Waals surface area contributed by atoms with Gasteiger partial charge < -0.3 is 0 Å². The summed E-state index contributed by atoms with van der Waals surface area (Å²) in [7, 11) is 0. The van der Waals surface area contributed by atoms with Crippen molar-refractivity contribution in [2.24, 2.45) is 5.92 Å². The first-order valence-corrected chi connectivity index (χ1v) is 5.25. The lowest BCUT2D eigenvalue weighted by Gasteiger charge is -2.13. The molecule has 0 saturated heterocycles. The van der Waals surface area contributed by atoms with Gasteiger partial charge in [-0.15, -0.1) is 6.58 Å². The van der Waals surface area contributed by atoms with Gasteiger partial charge in [0.05, 0.1) is 0 Å². The predicted molar refractivity (Wildman–Crippen MR) is 57.0 cm³/mol. The van der Waals surface area contributed by atoms with E-state index in [1.165, 1.54) is 38.5 Å². The Morgan fingerprint density at radius 3 is 2.42 bits per heavy atom. The van der Waals surface area contributed by atoms with Crippen molar-refractivity contribution in [3.63, 3.8) is 0 Å². The van der Waals surface area contributed by atoms with Gasteiger partial charge in [0.15, 0.2) is 0 Å². The molecule has 0 aliphatic heterocycles. The number of rotatable bonds is 8. The summed E-state index contributed by atoms with van der Waals surface area (Å²) in [4.78, 5) is 0. The molecule has 0 heteroatoms. The zero-order valence-corrected chi connectivity index (χ0v) is 8.52. The summed E-state index contributed by atoms with van der Waals surface area (Å²) < 4.78 is 0. The molecule has 0 spiro atoms. The third kappa shape index (κ3) is 6.45. The minimum atomic E-state index is 0.879. The Kier molecular flexibility index (Phi) is 8.64. The summed E-state index contributed by atoms with van der Waals surface area (Å²) >= 11 is 0. The fourth-order valence-electron chi connectivity index (χ4n) is 1.54. The Bertz CT molecular complexity index is 86.2. The van der Waals surface area contributed by atoms with Crippen molar-refractivity contribution in [1.29, 1.82) is 0 Å². The lowest BCUT2D eigenvalue weighted by molar-refractivity contribution is 0.427. The monoisotopic (exact) mass is 167 g/mol. The molecule has 0 rings (SSSR count). The van der Waals surface area contributed by atoms with Gasteiger partial charge in [0.25, 0.3) is 0 Å². The van der Waals surface area contributed by atoms with Gasteiger partial charge in [-0.05, 0) is 12.3 Å². The topological polar surface area (TPSA) is 0 Å². The maximum Gasteiger partial charge on any atom is -0.0325 e. The zero-order valence-electron chi connectivity index (χ0n) is 8.52. The molecule has 0 aliphatic carbocycles. The number of hydrogen-bond donors (Lipinski definition) is 0. The second-order valence-electron chi connectivity index (χ2n) is 3.53. The highest BCUT2D eigenvalue weighted by Gasteiger charge is 2.04. The number of hydrogen-bond acceptors (Lipinski definition) is 0. The van der Waals surface area contributed by atoms with Crippen LogP contribution in [0, 0.1) is 12.8 Å². The van der Waals surface area contributed by atoms with Gasteiger partial charge in [-0.2, -0.15) is 0 Å². The molecular weight excluding hydrogens is 144 g/mol. The quantitative estimate of drug-likeness (QED) is 0.471. The largest absolute Gasteiger partial charge is 0.103 e. The highest BCUT2D eigenvalue weighted by molar-refractivity contribution is 4.73. The van der Waals surface area contributed by atoms with Crippen LogP contribution in [0.1, 0.15) is 51.9 Å². The van der Waals surface area contributed by atoms with Gasteiger partial charge >= 0.3 is 0 Å². The van der Waals surface area contributed by atoms with Crippen LogP contribution in [0.15, 0.2) is 12.7 Å². The summed E-state index contributed by atoms with van der Waals surface area (Å²) in [6.45, 7) is 9.93. The SMILES string of the molecule is [CH2]CCCC(CC=C)CCCC. The minimum absolute atomic E-state index is 0.879. The van der Waals surface area contributed by atoms with E-state index in [4.69, 9.17) is 0 Å². The Morgan fingerprint density at radius 2 is 1.92 bits per heavy atom. The fourth-order valence-corrected chi connectivity index (χ4v) is 1.54. The van der Waals surface area contributed by atoms with E-state index in [0.717, 1.165) is 12.3 Å². The van der Waals surface area contributed by atoms with Crippen molar-refractivity contribution in [3.8, 4) is 0 Å². The summed E-state index contributed by atoms with van der Waals surface area (Å²) in [5.74, 6) is 0.879. The smallest absolute Gasteiger partial charge is 0.0325 e. The third-order valence-electron chi connectivity index (χ3n) is 2.33. The van der Waals surface area contributed by atoms with Crippen LogP contribution in [0.2, 0.25) is 0 Å². The van der Waals surface area contributed by atoms with Crippen LogP contribution in [-0.2, 0) is 0 Å². The maximum atomic E-state index is 3.87. The lowest BCUT2D eigenvalue weighted by atomic mass is 9.93. The van der Waals surface area contributed by atoms with E-state index in [2.05, 4.69) is 26.5 Å².